The van der Waals surface area contributed by atoms with E-state index in [0.29, 0.717) is 10.7 Å². The number of carbonyl (C=O) groups is 1. The number of amides is 1. The Hall–Kier alpha value is -2.71. The fourth-order valence-electron chi connectivity index (χ4n) is 2.15. The maximum atomic E-state index is 12.0. The van der Waals surface area contributed by atoms with Crippen LogP contribution in [0.25, 0.3) is 16.3 Å². The van der Waals surface area contributed by atoms with Crippen LogP contribution in [0.15, 0.2) is 53.4 Å². The normalized spacial score (nSPS) is 11.1. The molecule has 1 N–H and O–H groups in total. The van der Waals surface area contributed by atoms with Gasteiger partial charge in [-0.2, -0.15) is 0 Å². The molecule has 0 saturated heterocycles. The van der Waals surface area contributed by atoms with Gasteiger partial charge in [-0.05, 0) is 36.1 Å². The highest BCUT2D eigenvalue weighted by molar-refractivity contribution is 7.98. The molecule has 0 saturated carbocycles. The summed E-state index contributed by atoms with van der Waals surface area (Å²) >= 11 is 3.05. The van der Waals surface area contributed by atoms with Crippen molar-refractivity contribution in [3.63, 3.8) is 0 Å². The van der Waals surface area contributed by atoms with Gasteiger partial charge in [-0.15, -0.1) is 11.8 Å². The van der Waals surface area contributed by atoms with E-state index in [1.165, 1.54) is 35.6 Å². The van der Waals surface area contributed by atoms with Crippen molar-refractivity contribution < 1.29 is 9.72 Å². The van der Waals surface area contributed by atoms with Crippen LogP contribution in [0, 0.1) is 10.1 Å². The maximum absolute atomic E-state index is 12.0. The van der Waals surface area contributed by atoms with Gasteiger partial charge in [0.2, 0.25) is 5.91 Å². The van der Waals surface area contributed by atoms with E-state index in [1.807, 2.05) is 24.5 Å². The van der Waals surface area contributed by atoms with Crippen LogP contribution in [0.1, 0.15) is 5.56 Å². The number of nitrogens with one attached hydrogen (secondary N) is 1. The monoisotopic (exact) mass is 371 g/mol. The van der Waals surface area contributed by atoms with Crippen molar-refractivity contribution in [2.24, 2.45) is 0 Å². The number of carbonyl (C=O) groups excluding carboxylic acids is 1. The molecule has 8 heteroatoms. The van der Waals surface area contributed by atoms with Crippen molar-refractivity contribution in [2.45, 2.75) is 4.90 Å². The number of anilines is 1. The Morgan fingerprint density at radius 2 is 2.16 bits per heavy atom. The molecule has 1 amide bonds. The molecule has 1 aromatic heterocycles. The number of fused-ring (bicyclic) bond motifs is 1. The number of nitro groups is 1. The first-order valence-electron chi connectivity index (χ1n) is 7.23. The van der Waals surface area contributed by atoms with Gasteiger partial charge < -0.3 is 0 Å². The molecule has 0 aliphatic heterocycles. The van der Waals surface area contributed by atoms with E-state index in [9.17, 15) is 14.9 Å². The number of non-ortho nitro benzene ring substituents is 1. The summed E-state index contributed by atoms with van der Waals surface area (Å²) in [6.07, 6.45) is 4.86. The molecular formula is C17H13N3O3S2. The highest BCUT2D eigenvalue weighted by atomic mass is 32.2. The van der Waals surface area contributed by atoms with E-state index in [2.05, 4.69) is 10.3 Å². The summed E-state index contributed by atoms with van der Waals surface area (Å²) in [7, 11) is 0. The van der Waals surface area contributed by atoms with Crippen LogP contribution in [-0.4, -0.2) is 22.1 Å². The van der Waals surface area contributed by atoms with E-state index < -0.39 is 4.92 Å². The van der Waals surface area contributed by atoms with Crippen LogP contribution in [0.2, 0.25) is 0 Å². The number of thiazole rings is 1. The Balaban J connectivity index is 1.72. The quantitative estimate of drug-likeness (QED) is 0.307. The van der Waals surface area contributed by atoms with Gasteiger partial charge in [0.15, 0.2) is 5.13 Å². The molecule has 0 radical (unpaired) electrons. The van der Waals surface area contributed by atoms with Crippen LogP contribution in [0.4, 0.5) is 10.8 Å². The third-order valence-electron chi connectivity index (χ3n) is 3.33. The Morgan fingerprint density at radius 1 is 1.32 bits per heavy atom. The van der Waals surface area contributed by atoms with Gasteiger partial charge in [0.05, 0.1) is 15.1 Å². The van der Waals surface area contributed by atoms with Crippen molar-refractivity contribution in [1.82, 2.24) is 4.98 Å². The lowest BCUT2D eigenvalue weighted by atomic mass is 10.2. The molecule has 126 valence electrons. The molecule has 0 spiro atoms. The van der Waals surface area contributed by atoms with Gasteiger partial charge in [0.25, 0.3) is 5.69 Å². The van der Waals surface area contributed by atoms with Crippen molar-refractivity contribution in [2.75, 3.05) is 11.6 Å². The number of nitro benzene ring substituents is 1. The smallest absolute Gasteiger partial charge is 0.270 e. The Bertz CT molecular complexity index is 982. The molecule has 0 fully saturated rings. The lowest BCUT2D eigenvalue weighted by Gasteiger charge is -1.96. The third-order valence-corrected chi connectivity index (χ3v) is 4.99. The minimum absolute atomic E-state index is 0.0154. The van der Waals surface area contributed by atoms with Crippen molar-refractivity contribution in [3.8, 4) is 0 Å². The van der Waals surface area contributed by atoms with E-state index in [1.54, 1.807) is 23.9 Å². The average molecular weight is 371 g/mol. The fraction of sp³-hybridized carbons (Fsp3) is 0.0588. The van der Waals surface area contributed by atoms with Crippen LogP contribution >= 0.6 is 23.1 Å². The number of nitrogens with zero attached hydrogens (tertiary/aromatic N) is 2. The molecule has 0 atom stereocenters. The summed E-state index contributed by atoms with van der Waals surface area (Å²) < 4.78 is 1.00. The van der Waals surface area contributed by atoms with Gasteiger partial charge in [-0.25, -0.2) is 4.98 Å². The molecule has 0 aliphatic carbocycles. The van der Waals surface area contributed by atoms with Crippen molar-refractivity contribution >= 4 is 56.1 Å². The molecule has 1 heterocycles. The van der Waals surface area contributed by atoms with E-state index in [4.69, 9.17) is 0 Å². The van der Waals surface area contributed by atoms with E-state index in [0.717, 1.165) is 15.1 Å². The summed E-state index contributed by atoms with van der Waals surface area (Å²) in [6.45, 7) is 0. The third kappa shape index (κ3) is 4.23. The van der Waals surface area contributed by atoms with E-state index >= 15 is 0 Å². The zero-order valence-corrected chi connectivity index (χ0v) is 14.8. The second kappa shape index (κ2) is 7.45. The van der Waals surface area contributed by atoms with Gasteiger partial charge in [0, 0.05) is 23.1 Å². The number of hydrogen-bond donors (Lipinski definition) is 1. The van der Waals surface area contributed by atoms with Gasteiger partial charge in [-0.3, -0.25) is 20.2 Å². The summed E-state index contributed by atoms with van der Waals surface area (Å²) in [5, 5.41) is 14.0. The predicted octanol–water partition coefficient (Wildman–Crippen LogP) is 4.58. The summed E-state index contributed by atoms with van der Waals surface area (Å²) in [5.41, 5.74) is 1.40. The first-order chi connectivity index (χ1) is 12.0. The molecular weight excluding hydrogens is 358 g/mol. The highest BCUT2D eigenvalue weighted by Crippen LogP contribution is 2.29. The molecule has 25 heavy (non-hydrogen) atoms. The Kier molecular flexibility index (Phi) is 5.11. The molecule has 6 nitrogen and oxygen atoms in total. The molecule has 3 rings (SSSR count). The average Bonchev–Trinajstić information content (AvgIpc) is 3.01. The fourth-order valence-corrected chi connectivity index (χ4v) is 3.57. The molecule has 3 aromatic rings. The largest absolute Gasteiger partial charge is 0.298 e. The summed E-state index contributed by atoms with van der Waals surface area (Å²) in [4.78, 5) is 27.8. The number of rotatable bonds is 5. The Labute approximate surface area is 151 Å². The summed E-state index contributed by atoms with van der Waals surface area (Å²) in [6, 6.07) is 12.0. The highest BCUT2D eigenvalue weighted by Gasteiger charge is 2.07. The van der Waals surface area contributed by atoms with E-state index in [-0.39, 0.29) is 11.6 Å². The van der Waals surface area contributed by atoms with Gasteiger partial charge >= 0.3 is 0 Å². The predicted molar refractivity (Wildman–Crippen MR) is 102 cm³/mol. The number of aromatic nitrogens is 1. The first-order valence-corrected chi connectivity index (χ1v) is 9.27. The standard InChI is InChI=1S/C17H13N3O3S2/c1-24-13-6-7-14-15(10-13)25-17(18-14)19-16(21)8-5-11-3-2-4-12(9-11)20(22)23/h2-10H,1H3,(H,18,19,21)/b8-5+. The number of thioether (sulfide) groups is 1. The second-order valence-electron chi connectivity index (χ2n) is 5.03. The van der Waals surface area contributed by atoms with Gasteiger partial charge in [-0.1, -0.05) is 23.5 Å². The molecule has 2 aromatic carbocycles. The lowest BCUT2D eigenvalue weighted by molar-refractivity contribution is -0.384. The number of benzene rings is 2. The molecule has 0 aliphatic rings. The van der Waals surface area contributed by atoms with Crippen LogP contribution in [0.3, 0.4) is 0 Å². The Morgan fingerprint density at radius 3 is 2.92 bits per heavy atom. The van der Waals surface area contributed by atoms with Gasteiger partial charge in [0.1, 0.15) is 0 Å². The van der Waals surface area contributed by atoms with Crippen LogP contribution in [-0.2, 0) is 4.79 Å². The first kappa shape index (κ1) is 17.1. The lowest BCUT2D eigenvalue weighted by Crippen LogP contribution is -2.07. The minimum Gasteiger partial charge on any atom is -0.298 e. The molecule has 0 unspecified atom stereocenters. The topological polar surface area (TPSA) is 85.1 Å². The summed E-state index contributed by atoms with van der Waals surface area (Å²) in [5.74, 6) is -0.337. The second-order valence-corrected chi connectivity index (χ2v) is 6.94. The zero-order valence-electron chi connectivity index (χ0n) is 13.1. The maximum Gasteiger partial charge on any atom is 0.270 e. The van der Waals surface area contributed by atoms with Crippen molar-refractivity contribution in [1.29, 1.82) is 0 Å². The number of hydrogen-bond acceptors (Lipinski definition) is 6. The van der Waals surface area contributed by atoms with Crippen molar-refractivity contribution in [3.05, 3.63) is 64.2 Å². The minimum atomic E-state index is -0.471. The van der Waals surface area contributed by atoms with Crippen LogP contribution in [0.5, 0.6) is 0 Å². The molecule has 0 bridgehead atoms. The van der Waals surface area contributed by atoms with Crippen LogP contribution < -0.4 is 5.32 Å². The zero-order chi connectivity index (χ0) is 17.8. The SMILES string of the molecule is CSc1ccc2nc(NC(=O)/C=C/c3cccc([N+](=O)[O-])c3)sc2c1.